The van der Waals surface area contributed by atoms with Crippen LogP contribution in [-0.4, -0.2) is 100 Å². The van der Waals surface area contributed by atoms with E-state index >= 15 is 0 Å². The van der Waals surface area contributed by atoms with Crippen LogP contribution in [0.5, 0.6) is 0 Å². The fourth-order valence-corrected chi connectivity index (χ4v) is 7.49. The second-order valence-corrected chi connectivity index (χ2v) is 17.8. The van der Waals surface area contributed by atoms with Crippen molar-refractivity contribution in [3.05, 3.63) is 169 Å². The van der Waals surface area contributed by atoms with Crippen LogP contribution in [0.3, 0.4) is 0 Å². The third-order valence-electron chi connectivity index (χ3n) is 12.3. The Hall–Kier alpha value is -6.32. The molecule has 0 bridgehead atoms. The molecule has 0 N–H and O–H groups in total. The lowest BCUT2D eigenvalue weighted by Crippen LogP contribution is -2.08. The number of rotatable bonds is 6. The van der Waals surface area contributed by atoms with Crippen LogP contribution in [0.25, 0.3) is 65.4 Å². The highest BCUT2D eigenvalue weighted by molar-refractivity contribution is 6.09. The van der Waals surface area contributed by atoms with Crippen LogP contribution in [0, 0.1) is 0 Å². The van der Waals surface area contributed by atoms with Crippen molar-refractivity contribution in [2.24, 2.45) is 21.1 Å². The van der Waals surface area contributed by atoms with Gasteiger partial charge in [-0.25, -0.2) is 9.97 Å². The van der Waals surface area contributed by atoms with Crippen molar-refractivity contribution < 1.29 is 0 Å². The minimum atomic E-state index is 0.931. The Morgan fingerprint density at radius 1 is 0.319 bits per heavy atom. The lowest BCUT2D eigenvalue weighted by atomic mass is 10.2. The highest BCUT2D eigenvalue weighted by atomic mass is 15.0. The van der Waals surface area contributed by atoms with E-state index in [9.17, 15) is 0 Å². The summed E-state index contributed by atoms with van der Waals surface area (Å²) in [7, 11) is 18.7. The van der Waals surface area contributed by atoms with Gasteiger partial charge in [-0.2, -0.15) is 0 Å². The van der Waals surface area contributed by atoms with Gasteiger partial charge in [0.15, 0.2) is 0 Å². The average Bonchev–Trinajstić information content (AvgIpc) is 3.98. The van der Waals surface area contributed by atoms with E-state index < -0.39 is 0 Å². The van der Waals surface area contributed by atoms with E-state index in [2.05, 4.69) is 295 Å². The van der Waals surface area contributed by atoms with Crippen molar-refractivity contribution >= 4 is 65.4 Å². The number of nitrogens with zero attached hydrogens (tertiary/aromatic N) is 8. The van der Waals surface area contributed by atoms with Crippen molar-refractivity contribution in [1.82, 2.24) is 38.4 Å². The monoisotopic (exact) mass is 927 g/mol. The first-order valence-corrected chi connectivity index (χ1v) is 24.8. The maximum absolute atomic E-state index is 4.41. The summed E-state index contributed by atoms with van der Waals surface area (Å²) in [5.41, 5.74) is 10.1. The number of fused-ring (bicyclic) bond motifs is 9. The van der Waals surface area contributed by atoms with E-state index in [-0.39, 0.29) is 0 Å². The molecule has 0 aliphatic heterocycles. The average molecular weight is 927 g/mol. The van der Waals surface area contributed by atoms with Crippen molar-refractivity contribution in [2.45, 2.75) is 60.8 Å². The van der Waals surface area contributed by atoms with Crippen LogP contribution in [0.2, 0.25) is 0 Å². The molecule has 10 aromatic rings. The molecule has 4 heterocycles. The largest absolute Gasteiger partial charge is 0.344 e. The lowest BCUT2D eigenvalue weighted by Gasteiger charge is -2.03. The molecule has 0 aliphatic rings. The summed E-state index contributed by atoms with van der Waals surface area (Å²) in [5, 5.41) is 8.03. The van der Waals surface area contributed by atoms with Gasteiger partial charge in [0, 0.05) is 104 Å². The van der Waals surface area contributed by atoms with Gasteiger partial charge in [-0.1, -0.05) is 151 Å². The van der Waals surface area contributed by atoms with Crippen LogP contribution in [-0.2, 0) is 40.4 Å². The van der Waals surface area contributed by atoms with Crippen LogP contribution in [0.15, 0.2) is 152 Å². The molecule has 0 saturated carbocycles. The zero-order valence-corrected chi connectivity index (χ0v) is 44.8. The van der Waals surface area contributed by atoms with Gasteiger partial charge in [-0.15, -0.1) is 0 Å². The van der Waals surface area contributed by atoms with Crippen molar-refractivity contribution in [3.8, 4) is 0 Å². The van der Waals surface area contributed by atoms with Crippen LogP contribution in [0.1, 0.15) is 58.8 Å². The molecular formula is C61H82N8. The molecule has 0 unspecified atom stereocenters. The van der Waals surface area contributed by atoms with E-state index in [1.54, 1.807) is 0 Å². The Labute approximate surface area is 414 Å². The number of hydrogen-bond acceptors (Lipinski definition) is 5. The van der Waals surface area contributed by atoms with Crippen LogP contribution < -0.4 is 0 Å². The van der Waals surface area contributed by atoms with Gasteiger partial charge >= 0.3 is 0 Å². The fraction of sp³-hybridized carbons (Fsp3) is 0.344. The molecule has 0 fully saturated rings. The first-order valence-electron chi connectivity index (χ1n) is 24.8. The summed E-state index contributed by atoms with van der Waals surface area (Å²) in [5.74, 6) is 0.978. The highest BCUT2D eigenvalue weighted by Crippen LogP contribution is 2.29. The molecule has 0 amide bonds. The molecule has 6 aromatic carbocycles. The molecule has 8 heteroatoms. The van der Waals surface area contributed by atoms with Gasteiger partial charge in [0.1, 0.15) is 5.82 Å². The second kappa shape index (κ2) is 28.2. The van der Waals surface area contributed by atoms with Crippen LogP contribution >= 0.6 is 0 Å². The molecule has 0 radical (unpaired) electrons. The van der Waals surface area contributed by atoms with E-state index in [1.165, 1.54) is 76.8 Å². The number of benzene rings is 6. The zero-order chi connectivity index (χ0) is 50.5. The molecule has 0 atom stereocenters. The molecule has 4 aromatic heterocycles. The molecule has 0 aliphatic carbocycles. The Morgan fingerprint density at radius 2 is 0.507 bits per heavy atom. The lowest BCUT2D eigenvalue weighted by molar-refractivity contribution is 0.434. The minimum absolute atomic E-state index is 0.931. The Balaban J connectivity index is 0.000000183. The normalized spacial score (nSPS) is 10.7. The summed E-state index contributed by atoms with van der Waals surface area (Å²) in [6.07, 6.45) is 2.94. The first-order chi connectivity index (χ1) is 33.2. The molecule has 0 saturated heterocycles. The Morgan fingerprint density at radius 3 is 0.667 bits per heavy atom. The molecule has 0 spiro atoms. The molecule has 10 rings (SSSR count). The van der Waals surface area contributed by atoms with Gasteiger partial charge in [0.25, 0.3) is 0 Å². The standard InChI is InChI=1S/3C13H11N.C10H16N2.3C4H11N/c3*1-14-12-8-4-2-6-10(12)11-7-3-5-9-13(11)14;1-4-8-7-9(5-2)12-10(6-3)11-8;3*1-4-5(2)3/h3*2-9H,1H3;7H,4-6H2,1-3H3;3*4H2,1-3H3. The SMILES string of the molecule is CCN(C)C.CCN(C)C.CCN(C)C.CCc1cc(CC)nc(CC)n1.Cn1c2ccccc2c2ccccc21.Cn1c2ccccc2c2ccccc21.Cn1c2ccccc2c2ccccc21. The van der Waals surface area contributed by atoms with E-state index in [4.69, 9.17) is 0 Å². The van der Waals surface area contributed by atoms with Gasteiger partial charge in [0.05, 0.1) is 0 Å². The third-order valence-corrected chi connectivity index (χ3v) is 12.3. The topological polar surface area (TPSA) is 50.3 Å². The zero-order valence-electron chi connectivity index (χ0n) is 44.8. The van der Waals surface area contributed by atoms with E-state index in [0.717, 1.165) is 44.7 Å². The minimum Gasteiger partial charge on any atom is -0.344 e. The third kappa shape index (κ3) is 15.3. The van der Waals surface area contributed by atoms with Crippen LogP contribution in [0.4, 0.5) is 0 Å². The van der Waals surface area contributed by atoms with E-state index in [0.29, 0.717) is 0 Å². The predicted molar refractivity (Wildman–Crippen MR) is 304 cm³/mol. The van der Waals surface area contributed by atoms with Crippen molar-refractivity contribution in [3.63, 3.8) is 0 Å². The first kappa shape index (κ1) is 55.3. The summed E-state index contributed by atoms with van der Waals surface area (Å²) >= 11 is 0. The van der Waals surface area contributed by atoms with Crippen molar-refractivity contribution in [1.29, 1.82) is 0 Å². The summed E-state index contributed by atoms with van der Waals surface area (Å²) in [6.45, 7) is 16.1. The quantitative estimate of drug-likeness (QED) is 0.166. The molecule has 366 valence electrons. The maximum Gasteiger partial charge on any atom is 0.128 e. The smallest absolute Gasteiger partial charge is 0.128 e. The maximum atomic E-state index is 4.41. The Kier molecular flexibility index (Phi) is 22.6. The van der Waals surface area contributed by atoms with Gasteiger partial charge in [-0.3, -0.25) is 0 Å². The van der Waals surface area contributed by atoms with E-state index in [1.807, 2.05) is 0 Å². The number of aryl methyl sites for hydroxylation is 6. The summed E-state index contributed by atoms with van der Waals surface area (Å²) in [4.78, 5) is 15.2. The predicted octanol–water partition coefficient (Wildman–Crippen LogP) is 13.9. The Bertz CT molecular complexity index is 2560. The van der Waals surface area contributed by atoms with Gasteiger partial charge in [-0.05, 0) is 117 Å². The van der Waals surface area contributed by atoms with Crippen molar-refractivity contribution in [2.75, 3.05) is 61.9 Å². The highest BCUT2D eigenvalue weighted by Gasteiger charge is 2.07. The number of aromatic nitrogens is 5. The molecule has 69 heavy (non-hydrogen) atoms. The van der Waals surface area contributed by atoms with Gasteiger partial charge < -0.3 is 28.4 Å². The fourth-order valence-electron chi connectivity index (χ4n) is 7.49. The summed E-state index contributed by atoms with van der Waals surface area (Å²) < 4.78 is 6.72. The molecular weight excluding hydrogens is 845 g/mol. The number of hydrogen-bond donors (Lipinski definition) is 0. The number of para-hydroxylation sites is 6. The summed E-state index contributed by atoms with van der Waals surface area (Å²) in [6, 6.07) is 53.2. The second-order valence-electron chi connectivity index (χ2n) is 17.8. The molecule has 8 nitrogen and oxygen atoms in total. The van der Waals surface area contributed by atoms with Gasteiger partial charge in [0.2, 0.25) is 0 Å².